The zero-order valence-electron chi connectivity index (χ0n) is 40.2. The Morgan fingerprint density at radius 3 is 1.23 bits per heavy atom. The number of nitrogens with two attached hydrogens (primary N) is 2. The highest BCUT2D eigenvalue weighted by atomic mass is 15.1. The van der Waals surface area contributed by atoms with Gasteiger partial charge >= 0.3 is 0 Å². The lowest BCUT2D eigenvalue weighted by Gasteiger charge is -2.13. The maximum atomic E-state index is 7.61. The van der Waals surface area contributed by atoms with Gasteiger partial charge in [-0.05, 0) is 113 Å². The third kappa shape index (κ3) is 6.12. The average Bonchev–Trinajstić information content (AvgIpc) is 4.22. The molecule has 0 radical (unpaired) electrons. The number of nitrogens with zero attached hydrogens (tertiary/aromatic N) is 4. The van der Waals surface area contributed by atoms with Crippen molar-refractivity contribution in [2.24, 2.45) is 11.5 Å². The average molecular weight is 947 g/mol. The molecule has 4 N–H and O–H groups in total. The molecular formula is C68H46N6. The summed E-state index contributed by atoms with van der Waals surface area (Å²) in [4.78, 5) is 0. The lowest BCUT2D eigenvalue weighted by molar-refractivity contribution is 1.12. The fourth-order valence-electron chi connectivity index (χ4n) is 12.1. The van der Waals surface area contributed by atoms with E-state index in [0.29, 0.717) is 5.82 Å². The number of aromatic nitrogens is 4. The molecule has 0 bridgehead atoms. The van der Waals surface area contributed by atoms with Gasteiger partial charge in [-0.3, -0.25) is 4.57 Å². The predicted octanol–water partition coefficient (Wildman–Crippen LogP) is 14.7. The van der Waals surface area contributed by atoms with Gasteiger partial charge in [-0.1, -0.05) is 158 Å². The summed E-state index contributed by atoms with van der Waals surface area (Å²) in [6.07, 6.45) is 1.72. The van der Waals surface area contributed by atoms with E-state index in [-0.39, 0.29) is 0 Å². The molecule has 4 heterocycles. The molecule has 0 spiro atoms. The summed E-state index contributed by atoms with van der Waals surface area (Å²) >= 11 is 0. The van der Waals surface area contributed by atoms with Crippen molar-refractivity contribution in [3.8, 4) is 39.3 Å². The van der Waals surface area contributed by atoms with Crippen molar-refractivity contribution in [2.75, 3.05) is 0 Å². The van der Waals surface area contributed by atoms with Gasteiger partial charge in [0.1, 0.15) is 5.82 Å². The van der Waals surface area contributed by atoms with Crippen LogP contribution in [-0.4, -0.2) is 18.3 Å². The van der Waals surface area contributed by atoms with Gasteiger partial charge in [0.2, 0.25) is 0 Å². The molecule has 4 aromatic heterocycles. The van der Waals surface area contributed by atoms with Gasteiger partial charge in [-0.2, -0.15) is 0 Å². The molecule has 0 atom stereocenters. The van der Waals surface area contributed by atoms with Crippen molar-refractivity contribution in [1.29, 1.82) is 0 Å². The van der Waals surface area contributed by atoms with Gasteiger partial charge in [-0.15, -0.1) is 0 Å². The summed E-state index contributed by atoms with van der Waals surface area (Å²) in [5.41, 5.74) is 31.1. The molecule has 6 nitrogen and oxygen atoms in total. The Labute approximate surface area is 425 Å². The monoisotopic (exact) mass is 946 g/mol. The van der Waals surface area contributed by atoms with E-state index in [0.717, 1.165) is 88.0 Å². The van der Waals surface area contributed by atoms with E-state index in [2.05, 4.69) is 267 Å². The molecule has 0 amide bonds. The van der Waals surface area contributed by atoms with Crippen molar-refractivity contribution >= 4 is 99.2 Å². The topological polar surface area (TPSA) is 71.8 Å². The zero-order valence-corrected chi connectivity index (χ0v) is 40.2. The number of benzene rings is 11. The molecule has 0 saturated carbocycles. The Morgan fingerprint density at radius 1 is 0.297 bits per heavy atom. The standard InChI is InChI=1S/C68H46N6/c69-42-58-55(68(70)74-62-28-14-8-21-50(62)54-35-31-46(41-67(54)74)44-33-37-65-57(39-44)52-23-10-12-26-60(52)72(65)48-18-5-2-6-19-48)24-15-29-63(58)73-61-27-13-7-20-49(61)53-34-30-45(40-66(53)73)43-32-36-64-56(38-43)51-22-9-11-25-59(51)71(64)47-16-3-1-4-17-47/h1-42H,69-70H2/b58-42+,68-55+. The van der Waals surface area contributed by atoms with Gasteiger partial charge in [0.15, 0.2) is 0 Å². The lowest BCUT2D eigenvalue weighted by atomic mass is 10.0. The van der Waals surface area contributed by atoms with Crippen LogP contribution in [0.1, 0.15) is 0 Å². The zero-order chi connectivity index (χ0) is 49.0. The van der Waals surface area contributed by atoms with Crippen LogP contribution in [0.15, 0.2) is 249 Å². The third-order valence-corrected chi connectivity index (χ3v) is 15.4. The molecule has 348 valence electrons. The van der Waals surface area contributed by atoms with Crippen LogP contribution in [0.2, 0.25) is 0 Å². The Bertz CT molecular complexity index is 4910. The van der Waals surface area contributed by atoms with Crippen molar-refractivity contribution in [2.45, 2.75) is 0 Å². The second-order valence-electron chi connectivity index (χ2n) is 19.3. The molecular weight excluding hydrogens is 901 g/mol. The molecule has 0 aliphatic heterocycles. The Hall–Kier alpha value is -10.0. The van der Waals surface area contributed by atoms with E-state index >= 15 is 0 Å². The summed E-state index contributed by atoms with van der Waals surface area (Å²) in [7, 11) is 0. The van der Waals surface area contributed by atoms with Crippen molar-refractivity contribution in [3.05, 3.63) is 259 Å². The molecule has 0 saturated heterocycles. The van der Waals surface area contributed by atoms with Crippen LogP contribution >= 0.6 is 0 Å². The fourth-order valence-corrected chi connectivity index (χ4v) is 12.1. The second kappa shape index (κ2) is 16.2. The first-order valence-electron chi connectivity index (χ1n) is 25.2. The molecule has 15 rings (SSSR count). The van der Waals surface area contributed by atoms with Gasteiger partial charge in [0, 0.05) is 71.1 Å². The van der Waals surface area contributed by atoms with Gasteiger partial charge in [-0.25, -0.2) is 0 Å². The highest BCUT2D eigenvalue weighted by Crippen LogP contribution is 2.40. The summed E-state index contributed by atoms with van der Waals surface area (Å²) < 4.78 is 9.30. The molecule has 11 aromatic carbocycles. The minimum absolute atomic E-state index is 0.595. The Balaban J connectivity index is 0.910. The predicted molar refractivity (Wildman–Crippen MR) is 311 cm³/mol. The maximum Gasteiger partial charge on any atom is 0.116 e. The van der Waals surface area contributed by atoms with Crippen LogP contribution in [0.25, 0.3) is 139 Å². The molecule has 15 aromatic rings. The first-order chi connectivity index (χ1) is 36.6. The molecule has 0 fully saturated rings. The van der Waals surface area contributed by atoms with Crippen LogP contribution in [0, 0.1) is 0 Å². The van der Waals surface area contributed by atoms with Gasteiger partial charge in [0.05, 0.1) is 49.8 Å². The molecule has 74 heavy (non-hydrogen) atoms. The number of hydrogen-bond donors (Lipinski definition) is 2. The van der Waals surface area contributed by atoms with Gasteiger partial charge < -0.3 is 25.2 Å². The van der Waals surface area contributed by atoms with E-state index < -0.39 is 0 Å². The Morgan fingerprint density at radius 2 is 0.689 bits per heavy atom. The smallest absolute Gasteiger partial charge is 0.116 e. The van der Waals surface area contributed by atoms with E-state index in [1.165, 1.54) is 49.0 Å². The molecule has 0 aliphatic rings. The van der Waals surface area contributed by atoms with E-state index in [9.17, 15) is 0 Å². The van der Waals surface area contributed by atoms with E-state index in [1.807, 2.05) is 0 Å². The quantitative estimate of drug-likeness (QED) is 0.174. The van der Waals surface area contributed by atoms with Crippen LogP contribution in [0.3, 0.4) is 0 Å². The van der Waals surface area contributed by atoms with Crippen LogP contribution < -0.4 is 21.9 Å². The normalized spacial score (nSPS) is 12.7. The van der Waals surface area contributed by atoms with Crippen molar-refractivity contribution in [1.82, 2.24) is 18.3 Å². The van der Waals surface area contributed by atoms with Crippen LogP contribution in [0.5, 0.6) is 0 Å². The number of rotatable bonds is 6. The summed E-state index contributed by atoms with van der Waals surface area (Å²) in [6, 6.07) is 89.5. The first-order valence-corrected chi connectivity index (χ1v) is 25.2. The highest BCUT2D eigenvalue weighted by Gasteiger charge is 2.20. The second-order valence-corrected chi connectivity index (χ2v) is 19.3. The number of hydrogen-bond acceptors (Lipinski definition) is 2. The molecule has 0 unspecified atom stereocenters. The number of fused-ring (bicyclic) bond motifs is 12. The third-order valence-electron chi connectivity index (χ3n) is 15.4. The van der Waals surface area contributed by atoms with E-state index in [1.54, 1.807) is 6.20 Å². The van der Waals surface area contributed by atoms with Crippen molar-refractivity contribution < 1.29 is 0 Å². The highest BCUT2D eigenvalue weighted by molar-refractivity contribution is 6.14. The minimum atomic E-state index is 0.595. The molecule has 0 aliphatic carbocycles. The fraction of sp³-hybridized carbons (Fsp3) is 0. The van der Waals surface area contributed by atoms with Crippen molar-refractivity contribution in [3.63, 3.8) is 0 Å². The lowest BCUT2D eigenvalue weighted by Crippen LogP contribution is -2.36. The SMILES string of the molecule is N/C=c1/c(-n2c3ccccc3c3ccc(-c4ccc5c(c4)c4ccccc4n5-c4ccccc4)cc32)ccc/c1=C(/N)n1c2ccccc2c2ccc(-c3ccc4c(c3)c3ccccc3n4-c3ccccc3)cc21. The minimum Gasteiger partial charge on any atom is -0.404 e. The van der Waals surface area contributed by atoms with Gasteiger partial charge in [0.25, 0.3) is 0 Å². The Kier molecular flexibility index (Phi) is 9.16. The molecule has 6 heteroatoms. The summed E-state index contributed by atoms with van der Waals surface area (Å²) in [5.74, 6) is 0.595. The van der Waals surface area contributed by atoms with E-state index in [4.69, 9.17) is 11.5 Å². The van der Waals surface area contributed by atoms with Crippen LogP contribution in [0.4, 0.5) is 0 Å². The largest absolute Gasteiger partial charge is 0.404 e. The number of para-hydroxylation sites is 6. The maximum absolute atomic E-state index is 7.61. The first kappa shape index (κ1) is 41.7. The summed E-state index contributed by atoms with van der Waals surface area (Å²) in [5, 5.41) is 11.1. The van der Waals surface area contributed by atoms with Crippen LogP contribution in [-0.2, 0) is 0 Å². The summed E-state index contributed by atoms with van der Waals surface area (Å²) in [6.45, 7) is 0.